The monoisotopic (exact) mass is 217 g/mol. The summed E-state index contributed by atoms with van der Waals surface area (Å²) in [5, 5.41) is 10.4. The summed E-state index contributed by atoms with van der Waals surface area (Å²) in [6.45, 7) is 1.98. The van der Waals surface area contributed by atoms with Crippen molar-refractivity contribution in [3.8, 4) is 0 Å². The second-order valence-electron chi connectivity index (χ2n) is 2.75. The molecule has 0 aliphatic heterocycles. The summed E-state index contributed by atoms with van der Waals surface area (Å²) < 4.78 is 4.97. The normalized spacial score (nSPS) is 10.4. The molecule has 0 aromatic carbocycles. The summed E-state index contributed by atoms with van der Waals surface area (Å²) in [5.74, 6) is 0. The average molecular weight is 217 g/mol. The van der Waals surface area contributed by atoms with Crippen molar-refractivity contribution in [2.24, 2.45) is 0 Å². The van der Waals surface area contributed by atoms with E-state index in [2.05, 4.69) is 4.98 Å². The molecule has 1 aromatic heterocycles. The summed E-state index contributed by atoms with van der Waals surface area (Å²) in [4.78, 5) is 6.09. The molecule has 0 radical (unpaired) electrons. The van der Waals surface area contributed by atoms with Gasteiger partial charge in [0.25, 0.3) is 0 Å². The quantitative estimate of drug-likeness (QED) is 0.710. The Hall–Kier alpha value is -0.850. The van der Waals surface area contributed by atoms with E-state index in [1.165, 1.54) is 11.3 Å². The standard InChI is InChI=1S/C8H15N3O2S/c1-13-5-3-11(2-4-12)8-10-6-7(9)14-8/h6,12H,2-5,9H2,1H3. The van der Waals surface area contributed by atoms with Crippen molar-refractivity contribution in [3.05, 3.63) is 6.20 Å². The number of rotatable bonds is 6. The molecule has 1 aromatic rings. The molecule has 0 amide bonds. The van der Waals surface area contributed by atoms with E-state index in [1.54, 1.807) is 13.3 Å². The van der Waals surface area contributed by atoms with Crippen LogP contribution in [0.3, 0.4) is 0 Å². The van der Waals surface area contributed by atoms with Crippen LogP contribution in [-0.2, 0) is 4.74 Å². The van der Waals surface area contributed by atoms with Gasteiger partial charge in [0.15, 0.2) is 5.13 Å². The van der Waals surface area contributed by atoms with Gasteiger partial charge < -0.3 is 20.5 Å². The highest BCUT2D eigenvalue weighted by Gasteiger charge is 2.09. The SMILES string of the molecule is COCCN(CCO)c1ncc(N)s1. The fraction of sp³-hybridized carbons (Fsp3) is 0.625. The minimum absolute atomic E-state index is 0.100. The molecule has 0 aliphatic rings. The van der Waals surface area contributed by atoms with Crippen molar-refractivity contribution in [2.75, 3.05) is 44.0 Å². The van der Waals surface area contributed by atoms with Crippen LogP contribution < -0.4 is 10.6 Å². The first-order valence-corrected chi connectivity index (χ1v) is 5.15. The lowest BCUT2D eigenvalue weighted by molar-refractivity contribution is 0.203. The van der Waals surface area contributed by atoms with E-state index in [1.807, 2.05) is 4.90 Å². The Kier molecular flexibility index (Phi) is 4.64. The minimum atomic E-state index is 0.100. The second-order valence-corrected chi connectivity index (χ2v) is 3.79. The van der Waals surface area contributed by atoms with E-state index in [4.69, 9.17) is 15.6 Å². The zero-order valence-electron chi connectivity index (χ0n) is 8.14. The number of methoxy groups -OCH3 is 1. The molecule has 6 heteroatoms. The molecule has 0 unspecified atom stereocenters. The predicted molar refractivity (Wildman–Crippen MR) is 57.7 cm³/mol. The van der Waals surface area contributed by atoms with Crippen molar-refractivity contribution in [3.63, 3.8) is 0 Å². The maximum absolute atomic E-state index is 8.87. The summed E-state index contributed by atoms with van der Waals surface area (Å²) >= 11 is 1.41. The zero-order chi connectivity index (χ0) is 10.4. The van der Waals surface area contributed by atoms with E-state index < -0.39 is 0 Å². The molecule has 3 N–H and O–H groups in total. The number of hydrogen-bond donors (Lipinski definition) is 2. The molecule has 0 spiro atoms. The van der Waals surface area contributed by atoms with Crippen LogP contribution in [0.4, 0.5) is 10.1 Å². The Morgan fingerprint density at radius 1 is 1.64 bits per heavy atom. The second kappa shape index (κ2) is 5.79. The van der Waals surface area contributed by atoms with Gasteiger partial charge in [-0.05, 0) is 0 Å². The number of nitrogens with two attached hydrogens (primary N) is 1. The largest absolute Gasteiger partial charge is 0.395 e. The summed E-state index contributed by atoms with van der Waals surface area (Å²) in [6.07, 6.45) is 1.62. The predicted octanol–water partition coefficient (Wildman–Crippen LogP) is 0.170. The number of nitrogens with zero attached hydrogens (tertiary/aromatic N) is 2. The van der Waals surface area contributed by atoms with E-state index in [9.17, 15) is 0 Å². The van der Waals surface area contributed by atoms with Crippen molar-refractivity contribution in [1.82, 2.24) is 4.98 Å². The lowest BCUT2D eigenvalue weighted by atomic mass is 10.5. The van der Waals surface area contributed by atoms with Gasteiger partial charge in [-0.15, -0.1) is 0 Å². The minimum Gasteiger partial charge on any atom is -0.395 e. The molecule has 1 rings (SSSR count). The molecule has 1 heterocycles. The van der Waals surface area contributed by atoms with E-state index in [0.29, 0.717) is 24.7 Å². The highest BCUT2D eigenvalue weighted by molar-refractivity contribution is 7.19. The summed E-state index contributed by atoms with van der Waals surface area (Å²) in [5.41, 5.74) is 5.58. The number of aliphatic hydroxyl groups is 1. The van der Waals surface area contributed by atoms with Crippen LogP contribution in [0.2, 0.25) is 0 Å². The molecule has 0 saturated carbocycles. The van der Waals surface area contributed by atoms with E-state index in [-0.39, 0.29) is 6.61 Å². The van der Waals surface area contributed by atoms with Crippen LogP contribution in [0.5, 0.6) is 0 Å². The average Bonchev–Trinajstić information content (AvgIpc) is 2.59. The van der Waals surface area contributed by atoms with Gasteiger partial charge in [0.05, 0.1) is 19.4 Å². The Balaban J connectivity index is 2.57. The Labute approximate surface area is 87.1 Å². The van der Waals surface area contributed by atoms with Gasteiger partial charge in [-0.25, -0.2) is 4.98 Å². The summed E-state index contributed by atoms with van der Waals surface area (Å²) in [7, 11) is 1.65. The first kappa shape index (κ1) is 11.2. The first-order valence-electron chi connectivity index (χ1n) is 4.34. The third-order valence-electron chi connectivity index (χ3n) is 1.72. The number of aromatic nitrogens is 1. The molecule has 0 fully saturated rings. The van der Waals surface area contributed by atoms with Crippen LogP contribution in [-0.4, -0.2) is 43.5 Å². The molecule has 0 aliphatic carbocycles. The molecule has 14 heavy (non-hydrogen) atoms. The van der Waals surface area contributed by atoms with Crippen LogP contribution in [0.15, 0.2) is 6.20 Å². The number of hydrogen-bond acceptors (Lipinski definition) is 6. The topological polar surface area (TPSA) is 71.6 Å². The van der Waals surface area contributed by atoms with E-state index in [0.717, 1.165) is 5.13 Å². The van der Waals surface area contributed by atoms with Crippen molar-refractivity contribution < 1.29 is 9.84 Å². The summed E-state index contributed by atoms with van der Waals surface area (Å²) in [6, 6.07) is 0. The third kappa shape index (κ3) is 3.13. The van der Waals surface area contributed by atoms with Crippen molar-refractivity contribution >= 4 is 21.5 Å². The number of anilines is 2. The number of ether oxygens (including phenoxy) is 1. The smallest absolute Gasteiger partial charge is 0.187 e. The molecule has 0 atom stereocenters. The van der Waals surface area contributed by atoms with Crippen LogP contribution in [0, 0.1) is 0 Å². The first-order chi connectivity index (χ1) is 6.77. The van der Waals surface area contributed by atoms with Crippen LogP contribution in [0.1, 0.15) is 0 Å². The Morgan fingerprint density at radius 3 is 2.93 bits per heavy atom. The van der Waals surface area contributed by atoms with Crippen LogP contribution in [0.25, 0.3) is 0 Å². The van der Waals surface area contributed by atoms with Crippen molar-refractivity contribution in [1.29, 1.82) is 0 Å². The fourth-order valence-corrected chi connectivity index (χ4v) is 1.78. The van der Waals surface area contributed by atoms with Gasteiger partial charge >= 0.3 is 0 Å². The number of thiazole rings is 1. The zero-order valence-corrected chi connectivity index (χ0v) is 8.96. The molecule has 0 bridgehead atoms. The maximum Gasteiger partial charge on any atom is 0.187 e. The Bertz CT molecular complexity index is 267. The number of aliphatic hydroxyl groups excluding tert-OH is 1. The van der Waals surface area contributed by atoms with Gasteiger partial charge in [0, 0.05) is 20.2 Å². The highest BCUT2D eigenvalue weighted by Crippen LogP contribution is 2.23. The fourth-order valence-electron chi connectivity index (χ4n) is 1.05. The Morgan fingerprint density at radius 2 is 2.43 bits per heavy atom. The third-order valence-corrected chi connectivity index (χ3v) is 2.60. The van der Waals surface area contributed by atoms with Gasteiger partial charge in [0.1, 0.15) is 5.00 Å². The van der Waals surface area contributed by atoms with Gasteiger partial charge in [0.2, 0.25) is 0 Å². The molecule has 80 valence electrons. The lowest BCUT2D eigenvalue weighted by Crippen LogP contribution is -2.29. The molecule has 5 nitrogen and oxygen atoms in total. The maximum atomic E-state index is 8.87. The molecular weight excluding hydrogens is 202 g/mol. The van der Waals surface area contributed by atoms with Gasteiger partial charge in [-0.1, -0.05) is 11.3 Å². The van der Waals surface area contributed by atoms with Crippen LogP contribution >= 0.6 is 11.3 Å². The van der Waals surface area contributed by atoms with Gasteiger partial charge in [-0.2, -0.15) is 0 Å². The number of nitrogen functional groups attached to an aromatic ring is 1. The van der Waals surface area contributed by atoms with Gasteiger partial charge in [-0.3, -0.25) is 0 Å². The molecular formula is C8H15N3O2S. The van der Waals surface area contributed by atoms with Crippen molar-refractivity contribution in [2.45, 2.75) is 0 Å². The lowest BCUT2D eigenvalue weighted by Gasteiger charge is -2.19. The highest BCUT2D eigenvalue weighted by atomic mass is 32.1. The molecule has 0 saturated heterocycles. The van der Waals surface area contributed by atoms with E-state index >= 15 is 0 Å².